The molecule has 3 heteroatoms. The van der Waals surface area contributed by atoms with E-state index < -0.39 is 0 Å². The van der Waals surface area contributed by atoms with Crippen LogP contribution in [-0.4, -0.2) is 11.8 Å². The Morgan fingerprint density at radius 2 is 1.80 bits per heavy atom. The Morgan fingerprint density at radius 1 is 1.00 bits per heavy atom. The molecule has 1 aromatic heterocycles. The van der Waals surface area contributed by atoms with Gasteiger partial charge in [0.15, 0.2) is 0 Å². The number of nitrogens with zero attached hydrogens (tertiary/aromatic N) is 2. The molecule has 0 N–H and O–H groups in total. The van der Waals surface area contributed by atoms with Crippen LogP contribution in [0.1, 0.15) is 11.1 Å². The number of rotatable bonds is 2. The maximum absolute atomic E-state index is 2.31. The van der Waals surface area contributed by atoms with Gasteiger partial charge in [-0.05, 0) is 11.1 Å². The van der Waals surface area contributed by atoms with E-state index in [1.54, 1.807) is 0 Å². The van der Waals surface area contributed by atoms with Gasteiger partial charge in [0.05, 0.1) is 0 Å². The zero-order chi connectivity index (χ0) is 13.4. The van der Waals surface area contributed by atoms with Crippen molar-refractivity contribution in [3.63, 3.8) is 0 Å². The molecule has 1 radical (unpaired) electrons. The van der Waals surface area contributed by atoms with Crippen molar-refractivity contribution < 1.29 is 4.57 Å². The van der Waals surface area contributed by atoms with E-state index in [1.165, 1.54) is 22.3 Å². The van der Waals surface area contributed by atoms with E-state index in [-0.39, 0.29) is 0 Å². The zero-order valence-electron chi connectivity index (χ0n) is 11.2. The van der Waals surface area contributed by atoms with Crippen molar-refractivity contribution in [1.82, 2.24) is 4.57 Å². The summed E-state index contributed by atoms with van der Waals surface area (Å²) < 4.78 is 4.62. The minimum Gasteiger partial charge on any atom is -0.240 e. The van der Waals surface area contributed by atoms with E-state index in [1.807, 2.05) is 0 Å². The lowest BCUT2D eigenvalue weighted by atomic mass is 9.65. The molecule has 95 valence electrons. The van der Waals surface area contributed by atoms with Gasteiger partial charge in [-0.15, -0.1) is 0 Å². The standard InChI is InChI=1S/C17H15BN2/c1-2-6-14(7-3-1)12-19-10-11-20-13-15-8-4-5-9-16(15)18-17(19)20/h1-11H,12-13H2/q+1. The summed E-state index contributed by atoms with van der Waals surface area (Å²) in [5.74, 6) is 0. The highest BCUT2D eigenvalue weighted by atomic mass is 15.1. The molecule has 0 unspecified atom stereocenters. The number of aromatic nitrogens is 2. The van der Waals surface area contributed by atoms with Gasteiger partial charge in [-0.1, -0.05) is 60.1 Å². The van der Waals surface area contributed by atoms with Crippen LogP contribution in [0.4, 0.5) is 0 Å². The van der Waals surface area contributed by atoms with Crippen LogP contribution in [-0.2, 0) is 13.1 Å². The molecule has 0 fully saturated rings. The molecule has 0 saturated carbocycles. The lowest BCUT2D eigenvalue weighted by Gasteiger charge is -2.14. The molecular formula is C17H15BN2+. The second-order valence-electron chi connectivity index (χ2n) is 5.24. The van der Waals surface area contributed by atoms with Crippen LogP contribution < -0.4 is 15.8 Å². The summed E-state index contributed by atoms with van der Waals surface area (Å²) in [5, 5.41) is 0. The number of fused-ring (bicyclic) bond motifs is 2. The second-order valence-corrected chi connectivity index (χ2v) is 5.24. The molecule has 2 aromatic carbocycles. The van der Waals surface area contributed by atoms with Gasteiger partial charge >= 0.3 is 7.28 Å². The molecule has 1 aliphatic rings. The summed E-state index contributed by atoms with van der Waals surface area (Å²) >= 11 is 0. The first-order chi connectivity index (χ1) is 9.90. The van der Waals surface area contributed by atoms with E-state index in [2.05, 4.69) is 83.4 Å². The summed E-state index contributed by atoms with van der Waals surface area (Å²) in [7, 11) is 2.28. The van der Waals surface area contributed by atoms with Crippen LogP contribution in [0.15, 0.2) is 67.0 Å². The highest BCUT2D eigenvalue weighted by molar-refractivity contribution is 6.65. The highest BCUT2D eigenvalue weighted by Crippen LogP contribution is 2.03. The molecule has 0 spiro atoms. The van der Waals surface area contributed by atoms with Gasteiger partial charge in [0.2, 0.25) is 5.72 Å². The molecule has 0 amide bonds. The van der Waals surface area contributed by atoms with Gasteiger partial charge in [-0.2, -0.15) is 0 Å². The van der Waals surface area contributed by atoms with Crippen LogP contribution in [0, 0.1) is 0 Å². The van der Waals surface area contributed by atoms with Crippen molar-refractivity contribution in [3.05, 3.63) is 78.1 Å². The SMILES string of the molecule is [B]1c2ccccc2C[n+]2ccn(Cc3ccccc3)c21. The molecule has 1 aliphatic heterocycles. The first kappa shape index (κ1) is 11.5. The summed E-state index contributed by atoms with van der Waals surface area (Å²) in [6.45, 7) is 1.88. The molecule has 4 rings (SSSR count). The van der Waals surface area contributed by atoms with Gasteiger partial charge in [0.25, 0.3) is 0 Å². The lowest BCUT2D eigenvalue weighted by Crippen LogP contribution is -2.60. The van der Waals surface area contributed by atoms with Crippen molar-refractivity contribution in [2.45, 2.75) is 13.1 Å². The van der Waals surface area contributed by atoms with E-state index in [0.29, 0.717) is 0 Å². The van der Waals surface area contributed by atoms with Crippen molar-refractivity contribution in [2.24, 2.45) is 0 Å². The molecule has 2 heterocycles. The first-order valence-electron chi connectivity index (χ1n) is 6.95. The Balaban J connectivity index is 1.68. The topological polar surface area (TPSA) is 8.81 Å². The first-order valence-corrected chi connectivity index (χ1v) is 6.95. The fourth-order valence-corrected chi connectivity index (χ4v) is 2.83. The number of hydrogen-bond donors (Lipinski definition) is 0. The van der Waals surface area contributed by atoms with Crippen molar-refractivity contribution in [1.29, 1.82) is 0 Å². The smallest absolute Gasteiger partial charge is 0.240 e. The molecule has 0 atom stereocenters. The fourth-order valence-electron chi connectivity index (χ4n) is 2.83. The predicted octanol–water partition coefficient (Wildman–Crippen LogP) is 0.841. The Kier molecular flexibility index (Phi) is 2.70. The fraction of sp³-hybridized carbons (Fsp3) is 0.118. The quantitative estimate of drug-likeness (QED) is 0.372. The Labute approximate surface area is 119 Å². The average Bonchev–Trinajstić information content (AvgIpc) is 2.88. The molecular weight excluding hydrogens is 243 g/mol. The van der Waals surface area contributed by atoms with Crippen molar-refractivity contribution in [3.8, 4) is 0 Å². The van der Waals surface area contributed by atoms with Gasteiger partial charge in [0, 0.05) is 0 Å². The monoisotopic (exact) mass is 258 g/mol. The Morgan fingerprint density at radius 3 is 2.70 bits per heavy atom. The van der Waals surface area contributed by atoms with E-state index in [4.69, 9.17) is 0 Å². The Bertz CT molecular complexity index is 747. The maximum atomic E-state index is 2.31. The minimum absolute atomic E-state index is 0.918. The van der Waals surface area contributed by atoms with Gasteiger partial charge in [-0.25, -0.2) is 9.13 Å². The lowest BCUT2D eigenvalue weighted by molar-refractivity contribution is -0.670. The molecule has 20 heavy (non-hydrogen) atoms. The zero-order valence-corrected chi connectivity index (χ0v) is 11.2. The molecule has 0 aliphatic carbocycles. The number of benzene rings is 2. The largest absolute Gasteiger partial charge is 0.307 e. The average molecular weight is 258 g/mol. The number of hydrogen-bond acceptors (Lipinski definition) is 0. The third-order valence-electron chi connectivity index (χ3n) is 3.89. The second kappa shape index (κ2) is 4.67. The Hall–Kier alpha value is -2.29. The third kappa shape index (κ3) is 1.96. The van der Waals surface area contributed by atoms with E-state index in [9.17, 15) is 0 Å². The van der Waals surface area contributed by atoms with Crippen LogP contribution in [0.3, 0.4) is 0 Å². The summed E-state index contributed by atoms with van der Waals surface area (Å²) in [5.41, 5.74) is 5.33. The van der Waals surface area contributed by atoms with Crippen LogP contribution in [0.2, 0.25) is 0 Å². The van der Waals surface area contributed by atoms with Gasteiger partial charge in [-0.3, -0.25) is 0 Å². The summed E-state index contributed by atoms with van der Waals surface area (Å²) in [4.78, 5) is 0. The number of imidazole rings is 1. The molecule has 3 aromatic rings. The van der Waals surface area contributed by atoms with Gasteiger partial charge < -0.3 is 0 Å². The predicted molar refractivity (Wildman–Crippen MR) is 80.7 cm³/mol. The molecule has 0 bridgehead atoms. The van der Waals surface area contributed by atoms with Crippen molar-refractivity contribution in [2.75, 3.05) is 0 Å². The van der Waals surface area contributed by atoms with Crippen molar-refractivity contribution >= 4 is 18.5 Å². The van der Waals surface area contributed by atoms with Gasteiger partial charge in [0.1, 0.15) is 25.5 Å². The highest BCUT2D eigenvalue weighted by Gasteiger charge is 2.25. The van der Waals surface area contributed by atoms with Crippen LogP contribution in [0.5, 0.6) is 0 Å². The van der Waals surface area contributed by atoms with E-state index >= 15 is 0 Å². The summed E-state index contributed by atoms with van der Waals surface area (Å²) in [6, 6.07) is 19.2. The third-order valence-corrected chi connectivity index (χ3v) is 3.89. The maximum Gasteiger partial charge on any atom is 0.307 e. The normalized spacial score (nSPS) is 12.4. The minimum atomic E-state index is 0.918. The summed E-state index contributed by atoms with van der Waals surface area (Å²) in [6.07, 6.45) is 4.34. The van der Waals surface area contributed by atoms with E-state index in [0.717, 1.165) is 13.1 Å². The molecule has 2 nitrogen and oxygen atoms in total. The molecule has 0 saturated heterocycles. The van der Waals surface area contributed by atoms with Crippen LogP contribution >= 0.6 is 0 Å². The van der Waals surface area contributed by atoms with Crippen LogP contribution in [0.25, 0.3) is 0 Å².